The molecule has 98 valence electrons. The SMILES string of the molecule is c1ccc(C2CN(C3CCOCC3)CCN2)cc1. The first-order chi connectivity index (χ1) is 8.93. The number of hydrogen-bond donors (Lipinski definition) is 1. The van der Waals surface area contributed by atoms with E-state index in [1.54, 1.807) is 0 Å². The van der Waals surface area contributed by atoms with Crippen molar-refractivity contribution in [2.75, 3.05) is 32.8 Å². The smallest absolute Gasteiger partial charge is 0.0480 e. The molecule has 1 aromatic carbocycles. The zero-order valence-corrected chi connectivity index (χ0v) is 10.8. The first kappa shape index (κ1) is 12.2. The summed E-state index contributed by atoms with van der Waals surface area (Å²) in [4.78, 5) is 2.65. The van der Waals surface area contributed by atoms with Crippen molar-refractivity contribution in [2.45, 2.75) is 24.9 Å². The topological polar surface area (TPSA) is 24.5 Å². The number of hydrogen-bond acceptors (Lipinski definition) is 3. The summed E-state index contributed by atoms with van der Waals surface area (Å²) in [6, 6.07) is 12.0. The Labute approximate surface area is 109 Å². The fourth-order valence-electron chi connectivity index (χ4n) is 3.06. The summed E-state index contributed by atoms with van der Waals surface area (Å²) in [5.41, 5.74) is 1.41. The molecule has 0 spiro atoms. The predicted molar refractivity (Wildman–Crippen MR) is 72.6 cm³/mol. The molecule has 1 unspecified atom stereocenters. The Morgan fingerprint density at radius 1 is 1.11 bits per heavy atom. The molecule has 3 nitrogen and oxygen atoms in total. The van der Waals surface area contributed by atoms with Crippen LogP contribution < -0.4 is 5.32 Å². The van der Waals surface area contributed by atoms with Crippen LogP contribution in [0.3, 0.4) is 0 Å². The van der Waals surface area contributed by atoms with E-state index in [2.05, 4.69) is 40.5 Å². The standard InChI is InChI=1S/C15H22N2O/c1-2-4-13(5-3-1)15-12-17(9-8-16-15)14-6-10-18-11-7-14/h1-5,14-16H,6-12H2. The third-order valence-electron chi connectivity index (χ3n) is 4.12. The van der Waals surface area contributed by atoms with Crippen molar-refractivity contribution < 1.29 is 4.74 Å². The van der Waals surface area contributed by atoms with E-state index < -0.39 is 0 Å². The lowest BCUT2D eigenvalue weighted by Crippen LogP contribution is -2.51. The van der Waals surface area contributed by atoms with Crippen LogP contribution in [0.2, 0.25) is 0 Å². The highest BCUT2D eigenvalue weighted by molar-refractivity contribution is 5.19. The molecule has 1 atom stereocenters. The molecule has 0 aliphatic carbocycles. The van der Waals surface area contributed by atoms with Gasteiger partial charge in [-0.05, 0) is 18.4 Å². The molecule has 0 amide bonds. The third kappa shape index (κ3) is 2.74. The Morgan fingerprint density at radius 2 is 1.89 bits per heavy atom. The number of benzene rings is 1. The van der Waals surface area contributed by atoms with Gasteiger partial charge in [0.15, 0.2) is 0 Å². The predicted octanol–water partition coefficient (Wildman–Crippen LogP) is 1.81. The van der Waals surface area contributed by atoms with Gasteiger partial charge in [0.25, 0.3) is 0 Å². The van der Waals surface area contributed by atoms with Gasteiger partial charge in [-0.2, -0.15) is 0 Å². The maximum absolute atomic E-state index is 5.46. The van der Waals surface area contributed by atoms with Gasteiger partial charge in [0, 0.05) is 44.9 Å². The van der Waals surface area contributed by atoms with Crippen LogP contribution in [0.1, 0.15) is 24.4 Å². The van der Waals surface area contributed by atoms with Crippen molar-refractivity contribution in [3.05, 3.63) is 35.9 Å². The van der Waals surface area contributed by atoms with E-state index in [9.17, 15) is 0 Å². The van der Waals surface area contributed by atoms with Crippen molar-refractivity contribution in [3.8, 4) is 0 Å². The van der Waals surface area contributed by atoms with Gasteiger partial charge in [0.1, 0.15) is 0 Å². The number of nitrogens with zero attached hydrogens (tertiary/aromatic N) is 1. The number of rotatable bonds is 2. The van der Waals surface area contributed by atoms with E-state index in [4.69, 9.17) is 4.74 Å². The highest BCUT2D eigenvalue weighted by Gasteiger charge is 2.27. The second-order valence-electron chi connectivity index (χ2n) is 5.26. The molecule has 1 N–H and O–H groups in total. The number of nitrogens with one attached hydrogen (secondary N) is 1. The minimum Gasteiger partial charge on any atom is -0.381 e. The summed E-state index contributed by atoms with van der Waals surface area (Å²) in [7, 11) is 0. The van der Waals surface area contributed by atoms with Crippen LogP contribution in [-0.4, -0.2) is 43.8 Å². The summed E-state index contributed by atoms with van der Waals surface area (Å²) in [6.45, 7) is 5.27. The maximum atomic E-state index is 5.46. The van der Waals surface area contributed by atoms with Crippen LogP contribution in [0.25, 0.3) is 0 Å². The summed E-state index contributed by atoms with van der Waals surface area (Å²) in [5.74, 6) is 0. The van der Waals surface area contributed by atoms with Crippen molar-refractivity contribution in [2.24, 2.45) is 0 Å². The minimum absolute atomic E-state index is 0.489. The van der Waals surface area contributed by atoms with Gasteiger partial charge in [-0.3, -0.25) is 4.90 Å². The fourth-order valence-corrected chi connectivity index (χ4v) is 3.06. The second kappa shape index (κ2) is 5.83. The molecule has 18 heavy (non-hydrogen) atoms. The fraction of sp³-hybridized carbons (Fsp3) is 0.600. The molecule has 3 rings (SSSR count). The molecule has 0 saturated carbocycles. The molecular weight excluding hydrogens is 224 g/mol. The van der Waals surface area contributed by atoms with Gasteiger partial charge in [-0.25, -0.2) is 0 Å². The molecule has 2 saturated heterocycles. The highest BCUT2D eigenvalue weighted by atomic mass is 16.5. The largest absolute Gasteiger partial charge is 0.381 e. The Morgan fingerprint density at radius 3 is 2.67 bits per heavy atom. The van der Waals surface area contributed by atoms with E-state index in [1.807, 2.05) is 0 Å². The van der Waals surface area contributed by atoms with Crippen molar-refractivity contribution in [1.82, 2.24) is 10.2 Å². The van der Waals surface area contributed by atoms with Crippen LogP contribution >= 0.6 is 0 Å². The molecule has 0 radical (unpaired) electrons. The van der Waals surface area contributed by atoms with Gasteiger partial charge >= 0.3 is 0 Å². The first-order valence-corrected chi connectivity index (χ1v) is 7.03. The molecular formula is C15H22N2O. The minimum atomic E-state index is 0.489. The Balaban J connectivity index is 1.64. The van der Waals surface area contributed by atoms with E-state index in [0.29, 0.717) is 6.04 Å². The van der Waals surface area contributed by atoms with Crippen LogP contribution in [0, 0.1) is 0 Å². The molecule has 3 heteroatoms. The van der Waals surface area contributed by atoms with E-state index in [0.717, 1.165) is 32.3 Å². The monoisotopic (exact) mass is 246 g/mol. The Bertz CT molecular complexity index is 362. The lowest BCUT2D eigenvalue weighted by atomic mass is 10.0. The third-order valence-corrected chi connectivity index (χ3v) is 4.12. The molecule has 2 aliphatic heterocycles. The zero-order chi connectivity index (χ0) is 12.2. The van der Waals surface area contributed by atoms with Crippen molar-refractivity contribution >= 4 is 0 Å². The average molecular weight is 246 g/mol. The molecule has 2 aliphatic rings. The second-order valence-corrected chi connectivity index (χ2v) is 5.26. The number of ether oxygens (including phenoxy) is 1. The van der Waals surface area contributed by atoms with Crippen LogP contribution in [0.4, 0.5) is 0 Å². The van der Waals surface area contributed by atoms with Gasteiger partial charge in [-0.1, -0.05) is 30.3 Å². The average Bonchev–Trinajstić information content (AvgIpc) is 2.49. The quantitative estimate of drug-likeness (QED) is 0.861. The van der Waals surface area contributed by atoms with Crippen molar-refractivity contribution in [3.63, 3.8) is 0 Å². The van der Waals surface area contributed by atoms with Crippen LogP contribution in [0.15, 0.2) is 30.3 Å². The lowest BCUT2D eigenvalue weighted by molar-refractivity contribution is 0.0234. The van der Waals surface area contributed by atoms with Crippen LogP contribution in [0.5, 0.6) is 0 Å². The van der Waals surface area contributed by atoms with E-state index >= 15 is 0 Å². The Hall–Kier alpha value is -0.900. The van der Waals surface area contributed by atoms with Gasteiger partial charge in [0.05, 0.1) is 0 Å². The highest BCUT2D eigenvalue weighted by Crippen LogP contribution is 2.22. The molecule has 2 fully saturated rings. The van der Waals surface area contributed by atoms with Gasteiger partial charge in [-0.15, -0.1) is 0 Å². The van der Waals surface area contributed by atoms with Crippen LogP contribution in [-0.2, 0) is 4.74 Å². The Kier molecular flexibility index (Phi) is 3.93. The van der Waals surface area contributed by atoms with Gasteiger partial charge in [0.2, 0.25) is 0 Å². The number of piperazine rings is 1. The van der Waals surface area contributed by atoms with Crippen molar-refractivity contribution in [1.29, 1.82) is 0 Å². The summed E-state index contributed by atoms with van der Waals surface area (Å²) < 4.78 is 5.46. The summed E-state index contributed by atoms with van der Waals surface area (Å²) >= 11 is 0. The molecule has 0 aromatic heterocycles. The van der Waals surface area contributed by atoms with E-state index in [1.165, 1.54) is 24.9 Å². The van der Waals surface area contributed by atoms with E-state index in [-0.39, 0.29) is 0 Å². The summed E-state index contributed by atoms with van der Waals surface area (Å²) in [6.07, 6.45) is 2.39. The van der Waals surface area contributed by atoms with Gasteiger partial charge < -0.3 is 10.1 Å². The zero-order valence-electron chi connectivity index (χ0n) is 10.8. The molecule has 2 heterocycles. The summed E-state index contributed by atoms with van der Waals surface area (Å²) in [5, 5.41) is 3.63. The molecule has 1 aromatic rings. The first-order valence-electron chi connectivity index (χ1n) is 7.03. The lowest BCUT2D eigenvalue weighted by Gasteiger charge is -2.40. The molecule has 0 bridgehead atoms. The maximum Gasteiger partial charge on any atom is 0.0480 e. The normalized spacial score (nSPS) is 27.2.